The second kappa shape index (κ2) is 8.36. The SMILES string of the molecule is O=C(c1ccc(F)cc1)c1ccccc1C(=O)N1CCN(S(=O)(=O)c2ncn[nH]2)CC1. The number of nitrogens with zero attached hydrogens (tertiary/aromatic N) is 4. The number of ketones is 1. The summed E-state index contributed by atoms with van der Waals surface area (Å²) in [6.07, 6.45) is 1.11. The number of hydrogen-bond donors (Lipinski definition) is 1. The minimum atomic E-state index is -3.81. The van der Waals surface area contributed by atoms with Gasteiger partial charge in [-0.15, -0.1) is 0 Å². The number of aromatic amines is 1. The second-order valence-electron chi connectivity index (χ2n) is 6.87. The van der Waals surface area contributed by atoms with Gasteiger partial charge in [0.05, 0.1) is 5.56 Å². The molecule has 0 spiro atoms. The number of H-pyrrole nitrogens is 1. The third-order valence-electron chi connectivity index (χ3n) is 5.01. The summed E-state index contributed by atoms with van der Waals surface area (Å²) >= 11 is 0. The first-order valence-corrected chi connectivity index (χ1v) is 10.9. The fourth-order valence-electron chi connectivity index (χ4n) is 3.37. The van der Waals surface area contributed by atoms with Crippen molar-refractivity contribution in [2.75, 3.05) is 26.2 Å². The van der Waals surface area contributed by atoms with Gasteiger partial charge in [0, 0.05) is 37.3 Å². The van der Waals surface area contributed by atoms with E-state index in [1.807, 2.05) is 0 Å². The van der Waals surface area contributed by atoms with E-state index >= 15 is 0 Å². The molecule has 0 saturated carbocycles. The third kappa shape index (κ3) is 4.09. The maximum Gasteiger partial charge on any atom is 0.278 e. The summed E-state index contributed by atoms with van der Waals surface area (Å²) < 4.78 is 39.5. The molecule has 0 radical (unpaired) electrons. The van der Waals surface area contributed by atoms with Crippen LogP contribution in [0.4, 0.5) is 4.39 Å². The first-order chi connectivity index (χ1) is 14.9. The number of piperazine rings is 1. The lowest BCUT2D eigenvalue weighted by Gasteiger charge is -2.33. The largest absolute Gasteiger partial charge is 0.336 e. The van der Waals surface area contributed by atoms with Crippen LogP contribution in [0.1, 0.15) is 26.3 Å². The van der Waals surface area contributed by atoms with Crippen molar-refractivity contribution in [2.24, 2.45) is 0 Å². The molecule has 2 aromatic carbocycles. The smallest absolute Gasteiger partial charge is 0.278 e. The molecule has 0 bridgehead atoms. The van der Waals surface area contributed by atoms with Gasteiger partial charge in [-0.05, 0) is 30.3 Å². The Labute approximate surface area is 177 Å². The van der Waals surface area contributed by atoms with Crippen LogP contribution < -0.4 is 0 Å². The molecule has 0 unspecified atom stereocenters. The van der Waals surface area contributed by atoms with E-state index in [-0.39, 0.29) is 53.9 Å². The molecule has 1 aromatic heterocycles. The number of hydrogen-bond acceptors (Lipinski definition) is 6. The van der Waals surface area contributed by atoms with Crippen molar-refractivity contribution >= 4 is 21.7 Å². The summed E-state index contributed by atoms with van der Waals surface area (Å²) in [5.74, 6) is -1.22. The number of carbonyl (C=O) groups is 2. The average molecular weight is 443 g/mol. The number of rotatable bonds is 5. The molecule has 1 fully saturated rings. The Bertz CT molecular complexity index is 1200. The van der Waals surface area contributed by atoms with Crippen molar-refractivity contribution in [3.63, 3.8) is 0 Å². The van der Waals surface area contributed by atoms with Gasteiger partial charge in [0.1, 0.15) is 12.1 Å². The lowest BCUT2D eigenvalue weighted by atomic mass is 9.97. The predicted molar refractivity (Wildman–Crippen MR) is 107 cm³/mol. The quantitative estimate of drug-likeness (QED) is 0.595. The Morgan fingerprint density at radius 2 is 1.58 bits per heavy atom. The summed E-state index contributed by atoms with van der Waals surface area (Å²) in [4.78, 5) is 31.2. The van der Waals surface area contributed by atoms with Crippen LogP contribution in [0.3, 0.4) is 0 Å². The zero-order valence-corrected chi connectivity index (χ0v) is 17.0. The van der Waals surface area contributed by atoms with Gasteiger partial charge in [0.15, 0.2) is 5.78 Å². The summed E-state index contributed by atoms with van der Waals surface area (Å²) in [5.41, 5.74) is 0.684. The molecule has 31 heavy (non-hydrogen) atoms. The van der Waals surface area contributed by atoms with Crippen LogP contribution in [0, 0.1) is 5.82 Å². The number of halogens is 1. The van der Waals surface area contributed by atoms with Crippen molar-refractivity contribution < 1.29 is 22.4 Å². The summed E-state index contributed by atoms with van der Waals surface area (Å²) in [6, 6.07) is 11.5. The number of benzene rings is 2. The molecule has 160 valence electrons. The lowest BCUT2D eigenvalue weighted by Crippen LogP contribution is -2.50. The topological polar surface area (TPSA) is 116 Å². The molecule has 2 heterocycles. The normalized spacial score (nSPS) is 15.1. The van der Waals surface area contributed by atoms with E-state index in [1.165, 1.54) is 33.5 Å². The van der Waals surface area contributed by atoms with E-state index in [4.69, 9.17) is 0 Å². The Morgan fingerprint density at radius 3 is 2.19 bits per heavy atom. The molecule has 0 atom stereocenters. The Balaban J connectivity index is 1.51. The zero-order valence-electron chi connectivity index (χ0n) is 16.2. The zero-order chi connectivity index (χ0) is 22.0. The van der Waals surface area contributed by atoms with Crippen LogP contribution in [0.5, 0.6) is 0 Å². The maximum atomic E-state index is 13.2. The summed E-state index contributed by atoms with van der Waals surface area (Å²) in [7, 11) is -3.81. The van der Waals surface area contributed by atoms with Crippen molar-refractivity contribution in [2.45, 2.75) is 5.16 Å². The van der Waals surface area contributed by atoms with E-state index < -0.39 is 21.6 Å². The van der Waals surface area contributed by atoms with Gasteiger partial charge in [-0.3, -0.25) is 9.59 Å². The number of nitrogens with one attached hydrogen (secondary N) is 1. The molecule has 3 aromatic rings. The molecule has 1 N–H and O–H groups in total. The van der Waals surface area contributed by atoms with E-state index in [1.54, 1.807) is 24.3 Å². The number of carbonyl (C=O) groups excluding carboxylic acids is 2. The molecular formula is C20H18FN5O4S. The standard InChI is InChI=1S/C20H18FN5O4S/c21-15-7-5-14(6-8-15)18(27)16-3-1-2-4-17(16)19(28)25-9-11-26(12-10-25)31(29,30)20-22-13-23-24-20/h1-8,13H,9-12H2,(H,22,23,24). The summed E-state index contributed by atoms with van der Waals surface area (Å²) in [5, 5.41) is 5.66. The van der Waals surface area contributed by atoms with E-state index in [9.17, 15) is 22.4 Å². The van der Waals surface area contributed by atoms with Gasteiger partial charge in [-0.1, -0.05) is 18.2 Å². The fraction of sp³-hybridized carbons (Fsp3) is 0.200. The first kappa shape index (κ1) is 20.8. The van der Waals surface area contributed by atoms with Gasteiger partial charge in [0.25, 0.3) is 21.1 Å². The van der Waals surface area contributed by atoms with Gasteiger partial charge < -0.3 is 4.90 Å². The third-order valence-corrected chi connectivity index (χ3v) is 6.74. The first-order valence-electron chi connectivity index (χ1n) is 9.42. The van der Waals surface area contributed by atoms with Crippen LogP contribution in [-0.2, 0) is 10.0 Å². The highest BCUT2D eigenvalue weighted by atomic mass is 32.2. The number of amides is 1. The molecule has 1 aliphatic rings. The second-order valence-corrected chi connectivity index (χ2v) is 8.72. The van der Waals surface area contributed by atoms with Crippen molar-refractivity contribution in [3.05, 3.63) is 77.4 Å². The van der Waals surface area contributed by atoms with E-state index in [2.05, 4.69) is 15.2 Å². The molecule has 4 rings (SSSR count). The van der Waals surface area contributed by atoms with Crippen LogP contribution in [0.2, 0.25) is 0 Å². The van der Waals surface area contributed by atoms with Crippen molar-refractivity contribution in [3.8, 4) is 0 Å². The van der Waals surface area contributed by atoms with Crippen LogP contribution >= 0.6 is 0 Å². The van der Waals surface area contributed by atoms with Gasteiger partial charge in [-0.25, -0.2) is 22.9 Å². The highest BCUT2D eigenvalue weighted by molar-refractivity contribution is 7.88. The van der Waals surface area contributed by atoms with Crippen LogP contribution in [-0.4, -0.2) is 70.7 Å². The maximum absolute atomic E-state index is 13.2. The highest BCUT2D eigenvalue weighted by Gasteiger charge is 2.33. The molecular weight excluding hydrogens is 425 g/mol. The van der Waals surface area contributed by atoms with Crippen LogP contribution in [0.15, 0.2) is 60.0 Å². The van der Waals surface area contributed by atoms with Crippen LogP contribution in [0.25, 0.3) is 0 Å². The fourth-order valence-corrected chi connectivity index (χ4v) is 4.60. The van der Waals surface area contributed by atoms with Crippen molar-refractivity contribution in [1.29, 1.82) is 0 Å². The highest BCUT2D eigenvalue weighted by Crippen LogP contribution is 2.19. The summed E-state index contributed by atoms with van der Waals surface area (Å²) in [6.45, 7) is 0.488. The minimum Gasteiger partial charge on any atom is -0.336 e. The Kier molecular flexibility index (Phi) is 5.61. The predicted octanol–water partition coefficient (Wildman–Crippen LogP) is 1.32. The Morgan fingerprint density at radius 1 is 0.935 bits per heavy atom. The average Bonchev–Trinajstić information content (AvgIpc) is 3.35. The van der Waals surface area contributed by atoms with Gasteiger partial charge in [0.2, 0.25) is 0 Å². The lowest BCUT2D eigenvalue weighted by molar-refractivity contribution is 0.0694. The van der Waals surface area contributed by atoms with Gasteiger partial charge in [-0.2, -0.15) is 9.40 Å². The van der Waals surface area contributed by atoms with Crippen molar-refractivity contribution in [1.82, 2.24) is 24.4 Å². The van der Waals surface area contributed by atoms with E-state index in [0.29, 0.717) is 0 Å². The number of aromatic nitrogens is 3. The molecule has 9 nitrogen and oxygen atoms in total. The molecule has 1 amide bonds. The monoisotopic (exact) mass is 443 g/mol. The molecule has 11 heteroatoms. The minimum absolute atomic E-state index is 0.0862. The molecule has 1 aliphatic heterocycles. The molecule has 0 aliphatic carbocycles. The van der Waals surface area contributed by atoms with E-state index in [0.717, 1.165) is 6.33 Å². The molecule has 1 saturated heterocycles. The Hall–Kier alpha value is -3.44. The number of sulfonamides is 1. The van der Waals surface area contributed by atoms with Gasteiger partial charge >= 0.3 is 0 Å².